The van der Waals surface area contributed by atoms with E-state index in [2.05, 4.69) is 0 Å². The highest BCUT2D eigenvalue weighted by molar-refractivity contribution is 8.14. The molecule has 4 nitrogen and oxygen atoms in total. The molecule has 0 N–H and O–H groups in total. The second-order valence-electron chi connectivity index (χ2n) is 3.80. The summed E-state index contributed by atoms with van der Waals surface area (Å²) in [5.74, 6) is -0.553. The van der Waals surface area contributed by atoms with Gasteiger partial charge in [0.2, 0.25) is 9.05 Å². The third-order valence-corrected chi connectivity index (χ3v) is 4.29. The molecule has 0 aliphatic carbocycles. The maximum absolute atomic E-state index is 11.4. The van der Waals surface area contributed by atoms with Crippen LogP contribution in [0.2, 0.25) is 0 Å². The summed E-state index contributed by atoms with van der Waals surface area (Å²) in [6, 6.07) is 9.02. The number of carbonyl (C=O) groups excluding carboxylic acids is 1. The Hall–Kier alpha value is -1.07. The second kappa shape index (κ2) is 6.75. The van der Waals surface area contributed by atoms with Gasteiger partial charge in [0.1, 0.15) is 0 Å². The molecule has 1 rings (SSSR count). The third-order valence-electron chi connectivity index (χ3n) is 2.40. The van der Waals surface area contributed by atoms with Crippen LogP contribution in [0.5, 0.6) is 0 Å². The Labute approximate surface area is 111 Å². The summed E-state index contributed by atoms with van der Waals surface area (Å²) >= 11 is 0. The minimum absolute atomic E-state index is 0.200. The summed E-state index contributed by atoms with van der Waals surface area (Å²) in [6.45, 7) is 1.89. The van der Waals surface area contributed by atoms with Gasteiger partial charge in [-0.3, -0.25) is 4.79 Å². The molecule has 1 aromatic rings. The second-order valence-corrected chi connectivity index (χ2v) is 6.70. The van der Waals surface area contributed by atoms with Crippen molar-refractivity contribution in [3.63, 3.8) is 0 Å². The van der Waals surface area contributed by atoms with Crippen molar-refractivity contribution < 1.29 is 17.9 Å². The normalized spacial score (nSPS) is 13.0. The molecule has 0 fully saturated rings. The van der Waals surface area contributed by atoms with Crippen LogP contribution in [-0.4, -0.2) is 26.2 Å². The zero-order chi connectivity index (χ0) is 13.6. The van der Waals surface area contributed by atoms with Gasteiger partial charge in [-0.25, -0.2) is 8.42 Å². The number of hydrogen-bond acceptors (Lipinski definition) is 4. The molecule has 0 spiro atoms. The molecule has 0 saturated carbocycles. The molecule has 0 bridgehead atoms. The van der Waals surface area contributed by atoms with Crippen LogP contribution in [0.3, 0.4) is 0 Å². The third kappa shape index (κ3) is 5.06. The van der Waals surface area contributed by atoms with Gasteiger partial charge < -0.3 is 4.74 Å². The molecular formula is C12H15ClO4S. The summed E-state index contributed by atoms with van der Waals surface area (Å²) in [5.41, 5.74) is 0.816. The quantitative estimate of drug-likeness (QED) is 0.595. The summed E-state index contributed by atoms with van der Waals surface area (Å²) < 4.78 is 27.6. The minimum atomic E-state index is -3.81. The van der Waals surface area contributed by atoms with E-state index >= 15 is 0 Å². The van der Waals surface area contributed by atoms with Crippen molar-refractivity contribution in [2.24, 2.45) is 0 Å². The van der Waals surface area contributed by atoms with E-state index < -0.39 is 20.3 Å². The first-order valence-corrected chi connectivity index (χ1v) is 7.93. The maximum Gasteiger partial charge on any atom is 0.307 e. The lowest BCUT2D eigenvalue weighted by Gasteiger charge is -2.12. The molecule has 0 radical (unpaired) electrons. The number of rotatable bonds is 6. The van der Waals surface area contributed by atoms with E-state index in [1.807, 2.05) is 6.07 Å². The van der Waals surface area contributed by atoms with Crippen molar-refractivity contribution in [3.05, 3.63) is 35.9 Å². The summed E-state index contributed by atoms with van der Waals surface area (Å²) in [7, 11) is 1.55. The van der Waals surface area contributed by atoms with Crippen LogP contribution in [-0.2, 0) is 25.0 Å². The maximum atomic E-state index is 11.4. The van der Waals surface area contributed by atoms with Crippen LogP contribution < -0.4 is 0 Å². The van der Waals surface area contributed by atoms with Gasteiger partial charge in [-0.1, -0.05) is 30.3 Å². The Morgan fingerprint density at radius 2 is 1.94 bits per heavy atom. The average Bonchev–Trinajstić information content (AvgIpc) is 2.28. The number of carbonyl (C=O) groups is 1. The molecule has 0 amide bonds. The van der Waals surface area contributed by atoms with E-state index in [0.29, 0.717) is 0 Å². The number of halogens is 1. The fraction of sp³-hybridized carbons (Fsp3) is 0.417. The molecule has 100 valence electrons. The lowest BCUT2D eigenvalue weighted by Crippen LogP contribution is -2.24. The molecule has 0 aliphatic rings. The molecule has 0 aromatic heterocycles. The van der Waals surface area contributed by atoms with Gasteiger partial charge in [0, 0.05) is 10.7 Å². The van der Waals surface area contributed by atoms with Gasteiger partial charge in [0.05, 0.1) is 18.3 Å². The fourth-order valence-electron chi connectivity index (χ4n) is 1.55. The number of hydrogen-bond donors (Lipinski definition) is 0. The van der Waals surface area contributed by atoms with E-state index in [4.69, 9.17) is 15.4 Å². The Kier molecular flexibility index (Phi) is 5.62. The summed E-state index contributed by atoms with van der Waals surface area (Å²) in [4.78, 5) is 11.3. The number of esters is 1. The van der Waals surface area contributed by atoms with Crippen LogP contribution >= 0.6 is 10.7 Å². The molecule has 1 atom stereocenters. The van der Waals surface area contributed by atoms with E-state index in [1.165, 1.54) is 0 Å². The topological polar surface area (TPSA) is 60.4 Å². The highest BCUT2D eigenvalue weighted by Crippen LogP contribution is 2.17. The lowest BCUT2D eigenvalue weighted by molar-refractivity contribution is -0.143. The van der Waals surface area contributed by atoms with Gasteiger partial charge in [-0.2, -0.15) is 0 Å². The van der Waals surface area contributed by atoms with Gasteiger partial charge in [-0.05, 0) is 18.9 Å². The molecule has 0 heterocycles. The Morgan fingerprint density at radius 3 is 2.44 bits per heavy atom. The zero-order valence-corrected chi connectivity index (χ0v) is 11.6. The molecule has 0 unspecified atom stereocenters. The van der Waals surface area contributed by atoms with E-state index in [0.717, 1.165) is 5.56 Å². The first-order chi connectivity index (χ1) is 8.43. The van der Waals surface area contributed by atoms with Crippen molar-refractivity contribution in [1.29, 1.82) is 0 Å². The van der Waals surface area contributed by atoms with Crippen molar-refractivity contribution in [1.82, 2.24) is 0 Å². The first kappa shape index (κ1) is 15.0. The zero-order valence-electron chi connectivity index (χ0n) is 10.0. The van der Waals surface area contributed by atoms with Crippen LogP contribution in [0.1, 0.15) is 18.9 Å². The fourth-order valence-corrected chi connectivity index (χ4v) is 2.66. The molecule has 0 aliphatic heterocycles. The Bertz CT molecular complexity index is 484. The van der Waals surface area contributed by atoms with Crippen LogP contribution in [0.4, 0.5) is 0 Å². The van der Waals surface area contributed by atoms with E-state index in [-0.39, 0.29) is 19.4 Å². The van der Waals surface area contributed by atoms with Crippen LogP contribution in [0.15, 0.2) is 30.3 Å². The molecule has 18 heavy (non-hydrogen) atoms. The average molecular weight is 291 g/mol. The van der Waals surface area contributed by atoms with E-state index in [9.17, 15) is 13.2 Å². The molecule has 1 aromatic carbocycles. The molecule has 0 saturated heterocycles. The van der Waals surface area contributed by atoms with Crippen LogP contribution in [0, 0.1) is 0 Å². The lowest BCUT2D eigenvalue weighted by atomic mass is 10.1. The van der Waals surface area contributed by atoms with E-state index in [1.54, 1.807) is 31.2 Å². The number of ether oxygens (including phenoxy) is 1. The largest absolute Gasteiger partial charge is 0.466 e. The predicted molar refractivity (Wildman–Crippen MR) is 70.0 cm³/mol. The van der Waals surface area contributed by atoms with Gasteiger partial charge >= 0.3 is 5.97 Å². The van der Waals surface area contributed by atoms with Crippen molar-refractivity contribution in [2.75, 3.05) is 6.61 Å². The smallest absolute Gasteiger partial charge is 0.307 e. The Morgan fingerprint density at radius 1 is 1.33 bits per heavy atom. The van der Waals surface area contributed by atoms with Crippen LogP contribution in [0.25, 0.3) is 0 Å². The summed E-state index contributed by atoms with van der Waals surface area (Å²) in [6.07, 6.45) is -0.0277. The van der Waals surface area contributed by atoms with Crippen molar-refractivity contribution >= 4 is 25.7 Å². The molecular weight excluding hydrogens is 276 g/mol. The summed E-state index contributed by atoms with van der Waals surface area (Å²) in [5, 5.41) is -0.958. The Balaban J connectivity index is 2.78. The monoisotopic (exact) mass is 290 g/mol. The van der Waals surface area contributed by atoms with Gasteiger partial charge in [-0.15, -0.1) is 0 Å². The van der Waals surface area contributed by atoms with Crippen molar-refractivity contribution in [2.45, 2.75) is 25.0 Å². The predicted octanol–water partition coefficient (Wildman–Crippen LogP) is 2.12. The highest BCUT2D eigenvalue weighted by atomic mass is 35.7. The SMILES string of the molecule is CCOC(=O)C[C@@H](Cc1ccccc1)S(=O)(=O)Cl. The molecule has 6 heteroatoms. The standard InChI is InChI=1S/C12H15ClO4S/c1-2-17-12(14)9-11(18(13,15)16)8-10-6-4-3-5-7-10/h3-7,11H,2,8-9H2,1H3/t11-/m1/s1. The van der Waals surface area contributed by atoms with Crippen molar-refractivity contribution in [3.8, 4) is 0 Å². The first-order valence-electron chi connectivity index (χ1n) is 5.56. The number of benzene rings is 1. The minimum Gasteiger partial charge on any atom is -0.466 e. The van der Waals surface area contributed by atoms with Gasteiger partial charge in [0.25, 0.3) is 0 Å². The van der Waals surface area contributed by atoms with Gasteiger partial charge in [0.15, 0.2) is 0 Å². The highest BCUT2D eigenvalue weighted by Gasteiger charge is 2.27.